The van der Waals surface area contributed by atoms with Crippen molar-refractivity contribution in [2.45, 2.75) is 43.8 Å². The smallest absolute Gasteiger partial charge is 0.287 e. The van der Waals surface area contributed by atoms with Crippen molar-refractivity contribution in [2.24, 2.45) is 5.41 Å². The summed E-state index contributed by atoms with van der Waals surface area (Å²) >= 11 is 0. The Kier molecular flexibility index (Phi) is 3.70. The summed E-state index contributed by atoms with van der Waals surface area (Å²) in [6.07, 6.45) is 4.49. The van der Waals surface area contributed by atoms with Crippen molar-refractivity contribution in [1.82, 2.24) is 16.0 Å². The van der Waals surface area contributed by atoms with Crippen molar-refractivity contribution < 1.29 is 18.7 Å². The van der Waals surface area contributed by atoms with Crippen LogP contribution in [0.1, 0.15) is 41.8 Å². The number of nitrogens with one attached hydrogen (secondary N) is 3. The number of carbonyl (C=O) groups is 2. The number of furan rings is 1. The average Bonchev–Trinajstić information content (AvgIpc) is 3.20. The van der Waals surface area contributed by atoms with E-state index in [0.717, 1.165) is 31.5 Å². The minimum Gasteiger partial charge on any atom is -0.459 e. The van der Waals surface area contributed by atoms with Gasteiger partial charge >= 0.3 is 0 Å². The van der Waals surface area contributed by atoms with E-state index in [1.165, 1.54) is 6.26 Å². The molecule has 1 aromatic heterocycles. The van der Waals surface area contributed by atoms with E-state index in [1.807, 2.05) is 6.92 Å². The Morgan fingerprint density at radius 2 is 2.00 bits per heavy atom. The van der Waals surface area contributed by atoms with Crippen LogP contribution in [0.4, 0.5) is 0 Å². The van der Waals surface area contributed by atoms with Crippen LogP contribution >= 0.6 is 0 Å². The van der Waals surface area contributed by atoms with E-state index in [9.17, 15) is 9.59 Å². The standard InChI is InChI=1S/C18H25N3O4/c1-12-3-8-24-13(12)14(22)21-11-16-9-17(10-16,15(23)19-2)18(25-16)4-6-20-7-5-18/h3,8,20H,4-7,9-11H2,1-2H3,(H,19,23)(H,21,22). The van der Waals surface area contributed by atoms with Gasteiger partial charge in [-0.1, -0.05) is 0 Å². The molecular weight excluding hydrogens is 322 g/mol. The van der Waals surface area contributed by atoms with Crippen LogP contribution in [-0.2, 0) is 9.53 Å². The minimum atomic E-state index is -0.463. The van der Waals surface area contributed by atoms with Gasteiger partial charge in [-0.25, -0.2) is 0 Å². The van der Waals surface area contributed by atoms with E-state index < -0.39 is 16.6 Å². The van der Waals surface area contributed by atoms with Gasteiger partial charge in [0.1, 0.15) is 0 Å². The molecule has 3 saturated heterocycles. The SMILES string of the molecule is CNC(=O)C12CC(CNC(=O)c3occc3C)(C1)OC21CCNCC1. The second-order valence-electron chi connectivity index (χ2n) is 7.66. The third-order valence-corrected chi connectivity index (χ3v) is 6.24. The zero-order valence-electron chi connectivity index (χ0n) is 14.7. The summed E-state index contributed by atoms with van der Waals surface area (Å²) in [4.78, 5) is 25.0. The first kappa shape index (κ1) is 16.6. The Labute approximate surface area is 146 Å². The largest absolute Gasteiger partial charge is 0.459 e. The maximum atomic E-state index is 12.6. The fraction of sp³-hybridized carbons (Fsp3) is 0.667. The number of hydrogen-bond acceptors (Lipinski definition) is 5. The topological polar surface area (TPSA) is 92.6 Å². The van der Waals surface area contributed by atoms with Crippen LogP contribution in [-0.4, -0.2) is 49.7 Å². The first-order chi connectivity index (χ1) is 12.0. The van der Waals surface area contributed by atoms with Crippen LogP contribution in [0.15, 0.2) is 16.7 Å². The molecular formula is C18H25N3O4. The molecule has 7 nitrogen and oxygen atoms in total. The van der Waals surface area contributed by atoms with Crippen LogP contribution in [0.5, 0.6) is 0 Å². The second kappa shape index (κ2) is 5.57. The number of aryl methyl sites for hydroxylation is 1. The zero-order valence-corrected chi connectivity index (χ0v) is 14.7. The third kappa shape index (κ3) is 2.25. The average molecular weight is 347 g/mol. The van der Waals surface area contributed by atoms with Crippen molar-refractivity contribution in [3.05, 3.63) is 23.7 Å². The van der Waals surface area contributed by atoms with Gasteiger partial charge < -0.3 is 25.1 Å². The van der Waals surface area contributed by atoms with E-state index >= 15 is 0 Å². The van der Waals surface area contributed by atoms with Crippen LogP contribution in [0.3, 0.4) is 0 Å². The molecule has 1 spiro atoms. The second-order valence-corrected chi connectivity index (χ2v) is 7.66. The molecule has 0 unspecified atom stereocenters. The molecule has 1 saturated carbocycles. The highest BCUT2D eigenvalue weighted by molar-refractivity contribution is 5.93. The molecule has 0 aromatic carbocycles. The van der Waals surface area contributed by atoms with Gasteiger partial charge in [0, 0.05) is 19.2 Å². The van der Waals surface area contributed by atoms with Gasteiger partial charge in [-0.2, -0.15) is 0 Å². The first-order valence-corrected chi connectivity index (χ1v) is 8.91. The lowest BCUT2D eigenvalue weighted by Gasteiger charge is -2.47. The van der Waals surface area contributed by atoms with E-state index in [4.69, 9.17) is 9.15 Å². The van der Waals surface area contributed by atoms with Crippen LogP contribution in [0.2, 0.25) is 0 Å². The van der Waals surface area contributed by atoms with E-state index in [-0.39, 0.29) is 11.8 Å². The Balaban J connectivity index is 1.50. The highest BCUT2D eigenvalue weighted by Crippen LogP contribution is 2.68. The van der Waals surface area contributed by atoms with Gasteiger partial charge in [-0.15, -0.1) is 0 Å². The zero-order chi connectivity index (χ0) is 17.7. The highest BCUT2D eigenvalue weighted by atomic mass is 16.5. The summed E-state index contributed by atoms with van der Waals surface area (Å²) in [6.45, 7) is 3.95. The van der Waals surface area contributed by atoms with E-state index in [2.05, 4.69) is 16.0 Å². The maximum absolute atomic E-state index is 12.6. The lowest BCUT2D eigenvalue weighted by molar-refractivity contribution is -0.140. The molecule has 4 aliphatic rings. The minimum absolute atomic E-state index is 0.0655. The Bertz CT molecular complexity index is 699. The molecule has 3 N–H and O–H groups in total. The Morgan fingerprint density at radius 1 is 1.28 bits per heavy atom. The maximum Gasteiger partial charge on any atom is 0.287 e. The van der Waals surface area contributed by atoms with Crippen molar-refractivity contribution in [2.75, 3.05) is 26.7 Å². The molecule has 4 heterocycles. The predicted octanol–water partition coefficient (Wildman–Crippen LogP) is 0.735. The molecule has 1 aliphatic carbocycles. The molecule has 1 aromatic rings. The normalized spacial score (nSPS) is 32.2. The molecule has 2 bridgehead atoms. The highest BCUT2D eigenvalue weighted by Gasteiger charge is 2.77. The van der Waals surface area contributed by atoms with Crippen molar-refractivity contribution >= 4 is 11.8 Å². The molecule has 3 aliphatic heterocycles. The van der Waals surface area contributed by atoms with Crippen LogP contribution < -0.4 is 16.0 Å². The molecule has 7 heteroatoms. The summed E-state index contributed by atoms with van der Waals surface area (Å²) in [5.74, 6) is 0.169. The predicted molar refractivity (Wildman–Crippen MR) is 90.2 cm³/mol. The molecule has 0 radical (unpaired) electrons. The van der Waals surface area contributed by atoms with Crippen molar-refractivity contribution in [3.8, 4) is 0 Å². The molecule has 4 fully saturated rings. The number of rotatable bonds is 4. The monoisotopic (exact) mass is 347 g/mol. The quantitative estimate of drug-likeness (QED) is 0.747. The molecule has 136 valence electrons. The van der Waals surface area contributed by atoms with Gasteiger partial charge in [-0.05, 0) is 51.8 Å². The van der Waals surface area contributed by atoms with Gasteiger partial charge in [0.15, 0.2) is 5.76 Å². The Morgan fingerprint density at radius 3 is 2.60 bits per heavy atom. The lowest BCUT2D eigenvalue weighted by atomic mass is 9.53. The van der Waals surface area contributed by atoms with Gasteiger partial charge in [-0.3, -0.25) is 9.59 Å². The molecule has 5 rings (SSSR count). The lowest BCUT2D eigenvalue weighted by Crippen LogP contribution is -2.61. The van der Waals surface area contributed by atoms with E-state index in [1.54, 1.807) is 13.1 Å². The fourth-order valence-corrected chi connectivity index (χ4v) is 5.06. The summed E-state index contributed by atoms with van der Waals surface area (Å²) in [6, 6.07) is 1.77. The van der Waals surface area contributed by atoms with Crippen LogP contribution in [0.25, 0.3) is 0 Å². The first-order valence-electron chi connectivity index (χ1n) is 8.91. The summed E-state index contributed by atoms with van der Waals surface area (Å²) < 4.78 is 11.8. The summed E-state index contributed by atoms with van der Waals surface area (Å²) in [5.41, 5.74) is -0.510. The van der Waals surface area contributed by atoms with Crippen molar-refractivity contribution in [1.29, 1.82) is 0 Å². The van der Waals surface area contributed by atoms with Gasteiger partial charge in [0.05, 0.1) is 22.9 Å². The molecule has 2 amide bonds. The van der Waals surface area contributed by atoms with Crippen LogP contribution in [0, 0.1) is 12.3 Å². The molecule has 25 heavy (non-hydrogen) atoms. The summed E-state index contributed by atoms with van der Waals surface area (Å²) in [7, 11) is 1.69. The van der Waals surface area contributed by atoms with Crippen molar-refractivity contribution in [3.63, 3.8) is 0 Å². The number of carbonyl (C=O) groups excluding carboxylic acids is 2. The fourth-order valence-electron chi connectivity index (χ4n) is 5.06. The van der Waals surface area contributed by atoms with Gasteiger partial charge in [0.25, 0.3) is 5.91 Å². The summed E-state index contributed by atoms with van der Waals surface area (Å²) in [5, 5.41) is 9.11. The molecule has 0 atom stereocenters. The number of amides is 2. The number of ether oxygens (including phenoxy) is 1. The van der Waals surface area contributed by atoms with Gasteiger partial charge in [0.2, 0.25) is 5.91 Å². The Hall–Kier alpha value is -1.86. The number of hydrogen-bond donors (Lipinski definition) is 3. The number of piperidine rings is 1. The third-order valence-electron chi connectivity index (χ3n) is 6.24. The van der Waals surface area contributed by atoms with E-state index in [0.29, 0.717) is 25.1 Å².